The monoisotopic (exact) mass is 241 g/mol. The lowest BCUT2D eigenvalue weighted by atomic mass is 9.78. The maximum absolute atomic E-state index is 6.42. The summed E-state index contributed by atoms with van der Waals surface area (Å²) in [7, 11) is 1.94. The topological polar surface area (TPSA) is 43.8 Å². The first-order chi connectivity index (χ1) is 8.75. The van der Waals surface area contributed by atoms with Crippen LogP contribution in [0.15, 0.2) is 36.5 Å². The van der Waals surface area contributed by atoms with Crippen LogP contribution in [0.1, 0.15) is 41.6 Å². The summed E-state index contributed by atoms with van der Waals surface area (Å²) in [6.45, 7) is 0. The number of aryl methyl sites for hydroxylation is 2. The molecule has 0 spiro atoms. The third-order valence-electron chi connectivity index (χ3n) is 3.93. The number of hydrogen-bond acceptors (Lipinski definition) is 2. The lowest BCUT2D eigenvalue weighted by Gasteiger charge is -2.29. The largest absolute Gasteiger partial charge is 0.322 e. The van der Waals surface area contributed by atoms with Crippen LogP contribution in [-0.2, 0) is 13.5 Å². The van der Waals surface area contributed by atoms with Crippen molar-refractivity contribution in [1.82, 2.24) is 9.78 Å². The van der Waals surface area contributed by atoms with Gasteiger partial charge in [-0.05, 0) is 36.5 Å². The SMILES string of the molecule is Cn1ccc(C(N)C2CCCc3ccccc32)n1. The second kappa shape index (κ2) is 4.58. The molecule has 18 heavy (non-hydrogen) atoms. The van der Waals surface area contributed by atoms with Crippen molar-refractivity contribution in [1.29, 1.82) is 0 Å². The minimum absolute atomic E-state index is 0.00708. The second-order valence-electron chi connectivity index (χ2n) is 5.14. The van der Waals surface area contributed by atoms with Crippen LogP contribution in [0.4, 0.5) is 0 Å². The Morgan fingerprint density at radius 1 is 1.33 bits per heavy atom. The van der Waals surface area contributed by atoms with Crippen LogP contribution in [0.2, 0.25) is 0 Å². The third-order valence-corrected chi connectivity index (χ3v) is 3.93. The molecule has 3 rings (SSSR count). The van der Waals surface area contributed by atoms with Crippen LogP contribution >= 0.6 is 0 Å². The molecule has 0 amide bonds. The molecule has 0 bridgehead atoms. The molecular formula is C15H19N3. The smallest absolute Gasteiger partial charge is 0.0797 e. The van der Waals surface area contributed by atoms with Crippen LogP contribution in [0.5, 0.6) is 0 Å². The number of rotatable bonds is 2. The Morgan fingerprint density at radius 2 is 2.17 bits per heavy atom. The molecule has 0 saturated heterocycles. The Hall–Kier alpha value is -1.61. The first-order valence-electron chi connectivity index (χ1n) is 6.58. The molecule has 94 valence electrons. The Bertz CT molecular complexity index is 544. The molecule has 1 aromatic carbocycles. The van der Waals surface area contributed by atoms with E-state index in [1.165, 1.54) is 24.0 Å². The highest BCUT2D eigenvalue weighted by molar-refractivity contribution is 5.34. The molecular weight excluding hydrogens is 222 g/mol. The number of nitrogens with two attached hydrogens (primary N) is 1. The predicted molar refractivity (Wildman–Crippen MR) is 72.3 cm³/mol. The van der Waals surface area contributed by atoms with Crippen molar-refractivity contribution in [2.75, 3.05) is 0 Å². The van der Waals surface area contributed by atoms with Gasteiger partial charge >= 0.3 is 0 Å². The van der Waals surface area contributed by atoms with Gasteiger partial charge in [0.15, 0.2) is 0 Å². The van der Waals surface area contributed by atoms with Gasteiger partial charge in [-0.15, -0.1) is 0 Å². The first-order valence-corrected chi connectivity index (χ1v) is 6.58. The molecule has 3 nitrogen and oxygen atoms in total. The number of nitrogens with zero attached hydrogens (tertiary/aromatic N) is 2. The van der Waals surface area contributed by atoms with Crippen molar-refractivity contribution in [3.05, 3.63) is 53.3 Å². The standard InChI is InChI=1S/C15H19N3/c1-18-10-9-14(17-18)15(16)13-8-4-6-11-5-2-3-7-12(11)13/h2-3,5,7,9-10,13,15H,4,6,8,16H2,1H3. The first kappa shape index (κ1) is 11.5. The molecule has 2 unspecified atom stereocenters. The minimum atomic E-state index is 0.00708. The van der Waals surface area contributed by atoms with Gasteiger partial charge in [-0.2, -0.15) is 5.10 Å². The molecule has 1 aliphatic rings. The highest BCUT2D eigenvalue weighted by atomic mass is 15.3. The van der Waals surface area contributed by atoms with Gasteiger partial charge in [0, 0.05) is 19.2 Å². The van der Waals surface area contributed by atoms with Gasteiger partial charge in [0.25, 0.3) is 0 Å². The Morgan fingerprint density at radius 3 is 2.94 bits per heavy atom. The summed E-state index contributed by atoms with van der Waals surface area (Å²) >= 11 is 0. The Kier molecular flexibility index (Phi) is 2.92. The normalized spacial score (nSPS) is 20.4. The fraction of sp³-hybridized carbons (Fsp3) is 0.400. The molecule has 1 aromatic heterocycles. The van der Waals surface area contributed by atoms with Gasteiger partial charge in [0.2, 0.25) is 0 Å². The van der Waals surface area contributed by atoms with Crippen LogP contribution < -0.4 is 5.73 Å². The molecule has 1 heterocycles. The van der Waals surface area contributed by atoms with E-state index in [4.69, 9.17) is 5.73 Å². The molecule has 0 aliphatic heterocycles. The van der Waals surface area contributed by atoms with Gasteiger partial charge < -0.3 is 5.73 Å². The van der Waals surface area contributed by atoms with Crippen molar-refractivity contribution >= 4 is 0 Å². The average molecular weight is 241 g/mol. The highest BCUT2D eigenvalue weighted by Crippen LogP contribution is 2.38. The number of hydrogen-bond donors (Lipinski definition) is 1. The van der Waals surface area contributed by atoms with E-state index in [-0.39, 0.29) is 6.04 Å². The molecule has 0 radical (unpaired) electrons. The lowest BCUT2D eigenvalue weighted by Crippen LogP contribution is -2.24. The maximum atomic E-state index is 6.42. The fourth-order valence-corrected chi connectivity index (χ4v) is 2.98. The van der Waals surface area contributed by atoms with Gasteiger partial charge in [0.05, 0.1) is 11.7 Å². The van der Waals surface area contributed by atoms with Crippen molar-refractivity contribution in [3.63, 3.8) is 0 Å². The zero-order chi connectivity index (χ0) is 12.5. The predicted octanol–water partition coefficient (Wildman–Crippen LogP) is 2.54. The molecule has 1 aliphatic carbocycles. The zero-order valence-corrected chi connectivity index (χ0v) is 10.7. The van der Waals surface area contributed by atoms with E-state index in [0.29, 0.717) is 5.92 Å². The lowest BCUT2D eigenvalue weighted by molar-refractivity contribution is 0.464. The van der Waals surface area contributed by atoms with Crippen LogP contribution in [0.25, 0.3) is 0 Å². The second-order valence-corrected chi connectivity index (χ2v) is 5.14. The van der Waals surface area contributed by atoms with Gasteiger partial charge in [0.1, 0.15) is 0 Å². The summed E-state index contributed by atoms with van der Waals surface area (Å²) in [5.74, 6) is 0.407. The third kappa shape index (κ3) is 1.95. The maximum Gasteiger partial charge on any atom is 0.0797 e. The van der Waals surface area contributed by atoms with Gasteiger partial charge in [-0.25, -0.2) is 0 Å². The quantitative estimate of drug-likeness (QED) is 0.878. The summed E-state index contributed by atoms with van der Waals surface area (Å²) in [6, 6.07) is 10.7. The van der Waals surface area contributed by atoms with E-state index < -0.39 is 0 Å². The van der Waals surface area contributed by atoms with E-state index in [9.17, 15) is 0 Å². The van der Waals surface area contributed by atoms with Crippen molar-refractivity contribution in [2.45, 2.75) is 31.2 Å². The highest BCUT2D eigenvalue weighted by Gasteiger charge is 2.27. The van der Waals surface area contributed by atoms with Crippen LogP contribution in [0.3, 0.4) is 0 Å². The van der Waals surface area contributed by atoms with Crippen LogP contribution in [-0.4, -0.2) is 9.78 Å². The van der Waals surface area contributed by atoms with E-state index in [0.717, 1.165) is 12.1 Å². The Balaban J connectivity index is 1.94. The fourth-order valence-electron chi connectivity index (χ4n) is 2.98. The molecule has 0 saturated carbocycles. The zero-order valence-electron chi connectivity index (χ0n) is 10.7. The summed E-state index contributed by atoms with van der Waals surface area (Å²) in [5, 5.41) is 4.45. The molecule has 2 atom stereocenters. The van der Waals surface area contributed by atoms with Crippen LogP contribution in [0, 0.1) is 0 Å². The molecule has 3 heteroatoms. The summed E-state index contributed by atoms with van der Waals surface area (Å²) in [5.41, 5.74) is 10.3. The molecule has 2 aromatic rings. The number of benzene rings is 1. The van der Waals surface area contributed by atoms with Gasteiger partial charge in [-0.3, -0.25) is 4.68 Å². The van der Waals surface area contributed by atoms with Crippen molar-refractivity contribution < 1.29 is 0 Å². The minimum Gasteiger partial charge on any atom is -0.322 e. The summed E-state index contributed by atoms with van der Waals surface area (Å²) < 4.78 is 1.82. The van der Waals surface area contributed by atoms with Crippen molar-refractivity contribution in [3.8, 4) is 0 Å². The molecule has 0 fully saturated rings. The summed E-state index contributed by atoms with van der Waals surface area (Å²) in [6.07, 6.45) is 5.53. The average Bonchev–Trinajstić information content (AvgIpc) is 2.84. The van der Waals surface area contributed by atoms with E-state index in [1.54, 1.807) is 0 Å². The van der Waals surface area contributed by atoms with E-state index in [1.807, 2.05) is 24.0 Å². The van der Waals surface area contributed by atoms with Gasteiger partial charge in [-0.1, -0.05) is 24.3 Å². The van der Waals surface area contributed by atoms with E-state index in [2.05, 4.69) is 29.4 Å². The summed E-state index contributed by atoms with van der Waals surface area (Å²) in [4.78, 5) is 0. The molecule has 2 N–H and O–H groups in total. The van der Waals surface area contributed by atoms with E-state index >= 15 is 0 Å². The van der Waals surface area contributed by atoms with Crippen molar-refractivity contribution in [2.24, 2.45) is 12.8 Å². The number of fused-ring (bicyclic) bond motifs is 1. The number of aromatic nitrogens is 2. The Labute approximate surface area is 108 Å².